The van der Waals surface area contributed by atoms with E-state index >= 15 is 0 Å². The number of aliphatic hydroxyl groups excluding tert-OH is 1. The maximum Gasteiger partial charge on any atom is 0.338 e. The van der Waals surface area contributed by atoms with Crippen molar-refractivity contribution in [3.05, 3.63) is 70.8 Å². The molecule has 3 heteroatoms. The summed E-state index contributed by atoms with van der Waals surface area (Å²) in [6.45, 7) is 18.3. The highest BCUT2D eigenvalue weighted by Crippen LogP contribution is 2.65. The van der Waals surface area contributed by atoms with Crippen LogP contribution in [-0.2, 0) is 4.74 Å². The molecule has 1 aromatic rings. The minimum absolute atomic E-state index is 0.0387. The van der Waals surface area contributed by atoms with Gasteiger partial charge in [-0.15, -0.1) is 0 Å². The molecule has 8 atom stereocenters. The van der Waals surface area contributed by atoms with E-state index in [9.17, 15) is 9.90 Å². The van der Waals surface area contributed by atoms with Crippen LogP contribution in [0, 0.1) is 40.4 Å². The van der Waals surface area contributed by atoms with Crippen molar-refractivity contribution < 1.29 is 14.6 Å². The first-order valence-electron chi connectivity index (χ1n) is 15.5. The van der Waals surface area contributed by atoms with Crippen LogP contribution >= 0.6 is 0 Å². The number of fused-ring (bicyclic) bond motifs is 4. The zero-order valence-electron chi connectivity index (χ0n) is 25.1. The molecule has 3 nitrogen and oxygen atoms in total. The number of aliphatic hydroxyl groups is 1. The Morgan fingerprint density at radius 1 is 1.13 bits per heavy atom. The van der Waals surface area contributed by atoms with Gasteiger partial charge in [0.15, 0.2) is 0 Å². The van der Waals surface area contributed by atoms with Gasteiger partial charge in [-0.05, 0) is 121 Å². The van der Waals surface area contributed by atoms with Gasteiger partial charge in [0.25, 0.3) is 0 Å². The number of allylic oxidation sites excluding steroid dienone is 4. The Balaban J connectivity index is 1.34. The van der Waals surface area contributed by atoms with E-state index in [2.05, 4.69) is 54.2 Å². The van der Waals surface area contributed by atoms with Gasteiger partial charge in [-0.1, -0.05) is 78.0 Å². The molecular formula is C36H50O3. The van der Waals surface area contributed by atoms with Crippen molar-refractivity contribution in [3.63, 3.8) is 0 Å². The summed E-state index contributed by atoms with van der Waals surface area (Å²) in [5, 5.41) is 11.9. The van der Waals surface area contributed by atoms with Crippen molar-refractivity contribution in [1.82, 2.24) is 0 Å². The SMILES string of the molecule is C=C(CC[C@@H](C)C1CC=C2C3=C(C(O)CC21C)C1(C)CCC(OC(=O)c2ccccc2)[C@H](C)C1CC3)C(C)C. The molecule has 0 heterocycles. The van der Waals surface area contributed by atoms with Crippen molar-refractivity contribution in [2.45, 2.75) is 105 Å². The third kappa shape index (κ3) is 4.88. The van der Waals surface area contributed by atoms with Crippen LogP contribution < -0.4 is 0 Å². The molecule has 39 heavy (non-hydrogen) atoms. The normalized spacial score (nSPS) is 36.5. The van der Waals surface area contributed by atoms with E-state index in [-0.39, 0.29) is 34.9 Å². The van der Waals surface area contributed by atoms with E-state index in [0.29, 0.717) is 29.2 Å². The molecule has 0 amide bonds. The quantitative estimate of drug-likeness (QED) is 0.283. The van der Waals surface area contributed by atoms with Crippen LogP contribution in [0.5, 0.6) is 0 Å². The number of benzene rings is 1. The predicted molar refractivity (Wildman–Crippen MR) is 159 cm³/mol. The minimum Gasteiger partial charge on any atom is -0.458 e. The van der Waals surface area contributed by atoms with Crippen LogP contribution in [0.1, 0.15) is 103 Å². The number of carbonyl (C=O) groups excluding carboxylic acids is 1. The van der Waals surface area contributed by atoms with Gasteiger partial charge >= 0.3 is 5.97 Å². The van der Waals surface area contributed by atoms with Crippen LogP contribution in [0.3, 0.4) is 0 Å². The Morgan fingerprint density at radius 3 is 2.54 bits per heavy atom. The van der Waals surface area contributed by atoms with E-state index < -0.39 is 0 Å². The molecule has 0 radical (unpaired) electrons. The summed E-state index contributed by atoms with van der Waals surface area (Å²) in [6.07, 6.45) is 10.3. The van der Waals surface area contributed by atoms with Gasteiger partial charge in [-0.2, -0.15) is 0 Å². The number of esters is 1. The van der Waals surface area contributed by atoms with Gasteiger partial charge in [0.2, 0.25) is 0 Å². The van der Waals surface area contributed by atoms with Crippen LogP contribution in [0.15, 0.2) is 65.3 Å². The fourth-order valence-corrected chi connectivity index (χ4v) is 9.17. The Hall–Kier alpha value is -2.13. The van der Waals surface area contributed by atoms with E-state index in [1.165, 1.54) is 23.1 Å². The summed E-state index contributed by atoms with van der Waals surface area (Å²) in [5.74, 6) is 2.20. The molecule has 1 saturated carbocycles. The van der Waals surface area contributed by atoms with Gasteiger partial charge in [0, 0.05) is 0 Å². The lowest BCUT2D eigenvalue weighted by Crippen LogP contribution is -2.52. The molecule has 0 spiro atoms. The molecule has 1 fully saturated rings. The van der Waals surface area contributed by atoms with Crippen LogP contribution in [0.2, 0.25) is 0 Å². The molecule has 4 aliphatic rings. The number of carbonyl (C=O) groups is 1. The molecule has 0 aromatic heterocycles. The first-order chi connectivity index (χ1) is 18.5. The molecule has 5 rings (SSSR count). The molecule has 1 aromatic carbocycles. The summed E-state index contributed by atoms with van der Waals surface area (Å²) < 4.78 is 6.09. The molecular weight excluding hydrogens is 480 g/mol. The third-order valence-electron chi connectivity index (χ3n) is 11.6. The molecule has 1 N–H and O–H groups in total. The topological polar surface area (TPSA) is 46.5 Å². The molecule has 0 bridgehead atoms. The highest BCUT2D eigenvalue weighted by atomic mass is 16.5. The lowest BCUT2D eigenvalue weighted by atomic mass is 9.49. The number of hydrogen-bond acceptors (Lipinski definition) is 3. The first-order valence-corrected chi connectivity index (χ1v) is 15.5. The van der Waals surface area contributed by atoms with Crippen molar-refractivity contribution in [2.24, 2.45) is 40.4 Å². The first kappa shape index (κ1) is 28.4. The Morgan fingerprint density at radius 2 is 1.85 bits per heavy atom. The molecule has 0 saturated heterocycles. The largest absolute Gasteiger partial charge is 0.458 e. The number of ether oxygens (including phenoxy) is 1. The van der Waals surface area contributed by atoms with Crippen molar-refractivity contribution >= 4 is 5.97 Å². The number of rotatable bonds is 7. The third-order valence-corrected chi connectivity index (χ3v) is 11.6. The summed E-state index contributed by atoms with van der Waals surface area (Å²) in [6, 6.07) is 9.35. The molecule has 212 valence electrons. The van der Waals surface area contributed by atoms with Gasteiger partial charge < -0.3 is 9.84 Å². The maximum absolute atomic E-state index is 12.9. The lowest BCUT2D eigenvalue weighted by molar-refractivity contribution is -0.0563. The molecule has 6 unspecified atom stereocenters. The standard InChI is InChI=1S/C36H50O3/c1-22(2)23(3)13-14-24(4)28-17-18-30-27-15-16-29-25(5)32(39-34(38)26-11-9-8-10-12-26)19-20-35(29,6)33(27)31(37)21-36(28,30)7/h8-12,18,22,24-25,28-29,31-32,37H,3,13-17,19-21H2,1-2,4-7H3/t24-,25-,28?,29?,31?,32?,35?,36?/m1/s1. The Labute approximate surface area is 236 Å². The lowest BCUT2D eigenvalue weighted by Gasteiger charge is -2.57. The second kappa shape index (κ2) is 10.7. The molecule has 0 aliphatic heterocycles. The fraction of sp³-hybridized carbons (Fsp3) is 0.639. The van der Waals surface area contributed by atoms with Gasteiger partial charge in [-0.3, -0.25) is 0 Å². The molecule has 4 aliphatic carbocycles. The zero-order valence-corrected chi connectivity index (χ0v) is 25.1. The van der Waals surface area contributed by atoms with Crippen LogP contribution in [0.25, 0.3) is 0 Å². The van der Waals surface area contributed by atoms with Crippen molar-refractivity contribution in [3.8, 4) is 0 Å². The highest BCUT2D eigenvalue weighted by molar-refractivity contribution is 5.89. The summed E-state index contributed by atoms with van der Waals surface area (Å²) in [5.41, 5.74) is 6.34. The summed E-state index contributed by atoms with van der Waals surface area (Å²) >= 11 is 0. The van der Waals surface area contributed by atoms with E-state index in [1.54, 1.807) is 5.57 Å². The minimum atomic E-state index is -0.385. The Kier molecular flexibility index (Phi) is 7.79. The van der Waals surface area contributed by atoms with Crippen LogP contribution in [-0.4, -0.2) is 23.3 Å². The van der Waals surface area contributed by atoms with Crippen LogP contribution in [0.4, 0.5) is 0 Å². The fourth-order valence-electron chi connectivity index (χ4n) is 9.17. The van der Waals surface area contributed by atoms with Gasteiger partial charge in [0.1, 0.15) is 6.10 Å². The van der Waals surface area contributed by atoms with Gasteiger partial charge in [0.05, 0.1) is 11.7 Å². The second-order valence-electron chi connectivity index (χ2n) is 14.1. The summed E-state index contributed by atoms with van der Waals surface area (Å²) in [4.78, 5) is 12.9. The number of hydrogen-bond donors (Lipinski definition) is 1. The van der Waals surface area contributed by atoms with Gasteiger partial charge in [-0.25, -0.2) is 4.79 Å². The second-order valence-corrected chi connectivity index (χ2v) is 14.1. The van der Waals surface area contributed by atoms with Crippen molar-refractivity contribution in [1.29, 1.82) is 0 Å². The maximum atomic E-state index is 12.9. The Bertz CT molecular complexity index is 1160. The monoisotopic (exact) mass is 530 g/mol. The smallest absolute Gasteiger partial charge is 0.338 e. The average molecular weight is 531 g/mol. The predicted octanol–water partition coefficient (Wildman–Crippen LogP) is 8.70. The van der Waals surface area contributed by atoms with E-state index in [0.717, 1.165) is 44.9 Å². The highest BCUT2D eigenvalue weighted by Gasteiger charge is 2.57. The summed E-state index contributed by atoms with van der Waals surface area (Å²) in [7, 11) is 0. The van der Waals surface area contributed by atoms with Crippen molar-refractivity contribution in [2.75, 3.05) is 0 Å². The van der Waals surface area contributed by atoms with E-state index in [4.69, 9.17) is 4.74 Å². The van der Waals surface area contributed by atoms with E-state index in [1.807, 2.05) is 30.3 Å². The zero-order chi connectivity index (χ0) is 28.1. The average Bonchev–Trinajstić information content (AvgIpc) is 3.25.